The molecule has 2 heteroatoms. The molecular weight excluding hydrogens is 203 g/mol. The summed E-state index contributed by atoms with van der Waals surface area (Å²) in [6.07, 6.45) is 2.94. The van der Waals surface area contributed by atoms with Crippen LogP contribution in [0.15, 0.2) is 18.2 Å². The predicted octanol–water partition coefficient (Wildman–Crippen LogP) is 3.49. The highest BCUT2D eigenvalue weighted by atomic mass is 19.1. The van der Waals surface area contributed by atoms with Crippen molar-refractivity contribution >= 4 is 0 Å². The van der Waals surface area contributed by atoms with E-state index in [-0.39, 0.29) is 5.82 Å². The average molecular weight is 222 g/mol. The summed E-state index contributed by atoms with van der Waals surface area (Å²) in [5.41, 5.74) is 1.94. The molecule has 0 saturated carbocycles. The van der Waals surface area contributed by atoms with E-state index in [0.717, 1.165) is 18.4 Å². The summed E-state index contributed by atoms with van der Waals surface area (Å²) in [5.74, 6) is 0.403. The summed E-state index contributed by atoms with van der Waals surface area (Å²) in [4.78, 5) is 0. The molecule has 0 bridgehead atoms. The highest BCUT2D eigenvalue weighted by molar-refractivity contribution is 5.24. The first-order valence-corrected chi connectivity index (χ1v) is 6.02. The molecule has 3 unspecified atom stereocenters. The Morgan fingerprint density at radius 3 is 2.75 bits per heavy atom. The van der Waals surface area contributed by atoms with Crippen molar-refractivity contribution in [3.05, 3.63) is 35.1 Å². The third kappa shape index (κ3) is 2.43. The molecule has 16 heavy (non-hydrogen) atoms. The Balaban J connectivity index is 1.96. The molecule has 3 atom stereocenters. The van der Waals surface area contributed by atoms with Crippen molar-refractivity contribution < 1.29 is 9.13 Å². The van der Waals surface area contributed by atoms with Gasteiger partial charge in [0.2, 0.25) is 0 Å². The third-order valence-electron chi connectivity index (χ3n) is 3.36. The number of epoxide rings is 1. The SMILES string of the molecule is CCC1OC1C(C)Cc1ccc(F)c(C)c1. The van der Waals surface area contributed by atoms with Crippen LogP contribution in [0.3, 0.4) is 0 Å². The monoisotopic (exact) mass is 222 g/mol. The minimum atomic E-state index is -0.120. The molecule has 1 heterocycles. The van der Waals surface area contributed by atoms with Gasteiger partial charge in [-0.3, -0.25) is 0 Å². The Morgan fingerprint density at radius 1 is 1.44 bits per heavy atom. The molecule has 1 aromatic carbocycles. The predicted molar refractivity (Wildman–Crippen MR) is 63.0 cm³/mol. The van der Waals surface area contributed by atoms with Crippen LogP contribution in [0.25, 0.3) is 0 Å². The van der Waals surface area contributed by atoms with Crippen LogP contribution in [0, 0.1) is 18.7 Å². The molecule has 1 aliphatic rings. The Kier molecular flexibility index (Phi) is 3.29. The Bertz CT molecular complexity index is 375. The molecule has 0 aliphatic carbocycles. The second-order valence-corrected chi connectivity index (χ2v) is 4.81. The van der Waals surface area contributed by atoms with E-state index in [4.69, 9.17) is 4.74 Å². The van der Waals surface area contributed by atoms with E-state index >= 15 is 0 Å². The molecule has 0 N–H and O–H groups in total. The minimum absolute atomic E-state index is 0.120. The fourth-order valence-corrected chi connectivity index (χ4v) is 2.31. The van der Waals surface area contributed by atoms with Gasteiger partial charge in [0.05, 0.1) is 12.2 Å². The summed E-state index contributed by atoms with van der Waals surface area (Å²) in [5, 5.41) is 0. The summed E-state index contributed by atoms with van der Waals surface area (Å²) in [6.45, 7) is 6.17. The van der Waals surface area contributed by atoms with E-state index in [2.05, 4.69) is 13.8 Å². The first kappa shape index (κ1) is 11.6. The third-order valence-corrected chi connectivity index (χ3v) is 3.36. The van der Waals surface area contributed by atoms with Crippen LogP contribution in [-0.2, 0) is 11.2 Å². The summed E-state index contributed by atoms with van der Waals surface area (Å²) in [6, 6.07) is 5.37. The largest absolute Gasteiger partial charge is 0.369 e. The quantitative estimate of drug-likeness (QED) is 0.710. The summed E-state index contributed by atoms with van der Waals surface area (Å²) >= 11 is 0. The average Bonchev–Trinajstić information content (AvgIpc) is 3.02. The van der Waals surface area contributed by atoms with Crippen molar-refractivity contribution in [1.29, 1.82) is 0 Å². The van der Waals surface area contributed by atoms with Crippen LogP contribution < -0.4 is 0 Å². The molecule has 0 spiro atoms. The lowest BCUT2D eigenvalue weighted by atomic mass is 9.95. The number of hydrogen-bond acceptors (Lipinski definition) is 1. The van der Waals surface area contributed by atoms with Crippen LogP contribution in [-0.4, -0.2) is 12.2 Å². The van der Waals surface area contributed by atoms with Crippen molar-refractivity contribution in [2.24, 2.45) is 5.92 Å². The highest BCUT2D eigenvalue weighted by Crippen LogP contribution is 2.33. The lowest BCUT2D eigenvalue weighted by Crippen LogP contribution is -2.10. The van der Waals surface area contributed by atoms with Crippen LogP contribution in [0.4, 0.5) is 4.39 Å². The summed E-state index contributed by atoms with van der Waals surface area (Å²) in [7, 11) is 0. The summed E-state index contributed by atoms with van der Waals surface area (Å²) < 4.78 is 18.7. The zero-order valence-electron chi connectivity index (χ0n) is 10.2. The molecule has 1 saturated heterocycles. The number of hydrogen-bond donors (Lipinski definition) is 0. The standard InChI is InChI=1S/C14H19FO/c1-4-13-14(16-13)10(3)8-11-5-6-12(15)9(2)7-11/h5-7,10,13-14H,4,8H2,1-3H3. The lowest BCUT2D eigenvalue weighted by Gasteiger charge is -2.09. The van der Waals surface area contributed by atoms with Crippen LogP contribution in [0.5, 0.6) is 0 Å². The maximum atomic E-state index is 13.1. The smallest absolute Gasteiger partial charge is 0.126 e. The van der Waals surface area contributed by atoms with E-state index in [1.807, 2.05) is 19.1 Å². The second-order valence-electron chi connectivity index (χ2n) is 4.81. The van der Waals surface area contributed by atoms with Crippen molar-refractivity contribution in [1.82, 2.24) is 0 Å². The zero-order valence-corrected chi connectivity index (χ0v) is 10.2. The highest BCUT2D eigenvalue weighted by Gasteiger charge is 2.40. The Hall–Kier alpha value is -0.890. The van der Waals surface area contributed by atoms with Gasteiger partial charge >= 0.3 is 0 Å². The number of aryl methyl sites for hydroxylation is 1. The van der Waals surface area contributed by atoms with E-state index in [1.165, 1.54) is 5.56 Å². The van der Waals surface area contributed by atoms with E-state index in [0.29, 0.717) is 18.1 Å². The fraction of sp³-hybridized carbons (Fsp3) is 0.571. The van der Waals surface area contributed by atoms with Gasteiger partial charge in [0.1, 0.15) is 5.82 Å². The van der Waals surface area contributed by atoms with E-state index in [1.54, 1.807) is 6.07 Å². The zero-order chi connectivity index (χ0) is 11.7. The van der Waals surface area contributed by atoms with Crippen LogP contribution in [0.2, 0.25) is 0 Å². The number of ether oxygens (including phenoxy) is 1. The first-order valence-electron chi connectivity index (χ1n) is 6.02. The molecule has 88 valence electrons. The van der Waals surface area contributed by atoms with Gasteiger partial charge in [-0.05, 0) is 42.9 Å². The van der Waals surface area contributed by atoms with Gasteiger partial charge < -0.3 is 4.74 Å². The van der Waals surface area contributed by atoms with Gasteiger partial charge in [-0.1, -0.05) is 26.0 Å². The normalized spacial score (nSPS) is 25.5. The maximum absolute atomic E-state index is 13.1. The van der Waals surface area contributed by atoms with Crippen molar-refractivity contribution in [2.75, 3.05) is 0 Å². The maximum Gasteiger partial charge on any atom is 0.126 e. The molecule has 0 aromatic heterocycles. The van der Waals surface area contributed by atoms with Crippen molar-refractivity contribution in [2.45, 2.75) is 45.8 Å². The van der Waals surface area contributed by atoms with Gasteiger partial charge in [-0.2, -0.15) is 0 Å². The minimum Gasteiger partial charge on any atom is -0.369 e. The van der Waals surface area contributed by atoms with Crippen LogP contribution in [0.1, 0.15) is 31.4 Å². The Labute approximate surface area is 96.6 Å². The van der Waals surface area contributed by atoms with Crippen LogP contribution >= 0.6 is 0 Å². The van der Waals surface area contributed by atoms with Gasteiger partial charge in [-0.15, -0.1) is 0 Å². The number of benzene rings is 1. The number of halogens is 1. The molecular formula is C14H19FO. The molecule has 1 nitrogen and oxygen atoms in total. The molecule has 2 rings (SSSR count). The van der Waals surface area contributed by atoms with Gasteiger partial charge in [-0.25, -0.2) is 4.39 Å². The van der Waals surface area contributed by atoms with E-state index < -0.39 is 0 Å². The number of rotatable bonds is 4. The molecule has 0 amide bonds. The second kappa shape index (κ2) is 4.54. The topological polar surface area (TPSA) is 12.5 Å². The molecule has 1 aliphatic heterocycles. The fourth-order valence-electron chi connectivity index (χ4n) is 2.31. The van der Waals surface area contributed by atoms with Gasteiger partial charge in [0, 0.05) is 0 Å². The Morgan fingerprint density at radius 2 is 2.19 bits per heavy atom. The van der Waals surface area contributed by atoms with Crippen molar-refractivity contribution in [3.8, 4) is 0 Å². The van der Waals surface area contributed by atoms with Gasteiger partial charge in [0.15, 0.2) is 0 Å². The van der Waals surface area contributed by atoms with E-state index in [9.17, 15) is 4.39 Å². The van der Waals surface area contributed by atoms with Crippen molar-refractivity contribution in [3.63, 3.8) is 0 Å². The van der Waals surface area contributed by atoms with Gasteiger partial charge in [0.25, 0.3) is 0 Å². The molecule has 0 radical (unpaired) electrons. The molecule has 1 fully saturated rings. The lowest BCUT2D eigenvalue weighted by molar-refractivity contribution is 0.322. The molecule has 1 aromatic rings. The first-order chi connectivity index (χ1) is 7.61.